The molecule has 30 heavy (non-hydrogen) atoms. The van der Waals surface area contributed by atoms with Gasteiger partial charge in [0.15, 0.2) is 0 Å². The minimum absolute atomic E-state index is 0.240. The Morgan fingerprint density at radius 1 is 1.00 bits per heavy atom. The first kappa shape index (κ1) is 20.5. The van der Waals surface area contributed by atoms with E-state index in [9.17, 15) is 12.8 Å². The molecule has 0 aliphatic heterocycles. The van der Waals surface area contributed by atoms with Crippen molar-refractivity contribution < 1.29 is 12.8 Å². The molecule has 0 aliphatic carbocycles. The van der Waals surface area contributed by atoms with Gasteiger partial charge < -0.3 is 4.98 Å². The lowest BCUT2D eigenvalue weighted by Gasteiger charge is -2.13. The van der Waals surface area contributed by atoms with Gasteiger partial charge in [-0.05, 0) is 61.0 Å². The summed E-state index contributed by atoms with van der Waals surface area (Å²) in [6.07, 6.45) is 0. The Morgan fingerprint density at radius 3 is 2.40 bits per heavy atom. The van der Waals surface area contributed by atoms with E-state index in [0.717, 1.165) is 33.5 Å². The Bertz CT molecular complexity index is 1380. The van der Waals surface area contributed by atoms with Crippen molar-refractivity contribution in [1.82, 2.24) is 14.3 Å². The normalized spacial score (nSPS) is 12.1. The average molecular weight is 444 g/mol. The largest absolute Gasteiger partial charge is 0.353 e. The molecule has 0 bridgehead atoms. The number of nitrogens with one attached hydrogen (secondary N) is 1. The van der Waals surface area contributed by atoms with Crippen LogP contribution >= 0.6 is 11.6 Å². The fraction of sp³-hybridized carbons (Fsp3) is 0.136. The number of sulfonamides is 1. The van der Waals surface area contributed by atoms with Crippen LogP contribution < -0.4 is 0 Å². The first-order valence-corrected chi connectivity index (χ1v) is 11.0. The van der Waals surface area contributed by atoms with E-state index < -0.39 is 15.8 Å². The lowest BCUT2D eigenvalue weighted by molar-refractivity contribution is 0.520. The summed E-state index contributed by atoms with van der Waals surface area (Å²) in [5.41, 5.74) is 5.35. The number of halogens is 2. The predicted octanol–water partition coefficient (Wildman–Crippen LogP) is 5.25. The molecule has 0 atom stereocenters. The molecular weight excluding hydrogens is 425 g/mol. The molecule has 4 rings (SSSR count). The number of pyridine rings is 1. The number of hydrogen-bond acceptors (Lipinski definition) is 3. The molecule has 0 unspecified atom stereocenters. The Hall–Kier alpha value is -2.74. The molecule has 0 saturated carbocycles. The number of fused-ring (bicyclic) bond motifs is 1. The number of H-pyrrole nitrogens is 1. The molecule has 0 fully saturated rings. The number of aromatic nitrogens is 2. The lowest BCUT2D eigenvalue weighted by Crippen LogP contribution is -2.22. The van der Waals surface area contributed by atoms with Crippen LogP contribution in [0.2, 0.25) is 5.02 Å². The first-order chi connectivity index (χ1) is 14.2. The van der Waals surface area contributed by atoms with E-state index in [1.165, 1.54) is 30.5 Å². The molecule has 0 spiro atoms. The van der Waals surface area contributed by atoms with Gasteiger partial charge in [0.2, 0.25) is 10.0 Å². The number of rotatable bonds is 4. The third kappa shape index (κ3) is 3.60. The zero-order valence-electron chi connectivity index (χ0n) is 16.6. The molecule has 4 aromatic rings. The van der Waals surface area contributed by atoms with Crippen molar-refractivity contribution in [1.29, 1.82) is 0 Å². The highest BCUT2D eigenvalue weighted by Gasteiger charge is 2.18. The van der Waals surface area contributed by atoms with Crippen LogP contribution in [-0.2, 0) is 10.0 Å². The Labute approximate surface area is 179 Å². The molecule has 154 valence electrons. The van der Waals surface area contributed by atoms with Gasteiger partial charge >= 0.3 is 0 Å². The van der Waals surface area contributed by atoms with E-state index in [0.29, 0.717) is 10.6 Å². The summed E-state index contributed by atoms with van der Waals surface area (Å²) >= 11 is 6.18. The molecule has 2 aromatic carbocycles. The molecule has 0 radical (unpaired) electrons. The fourth-order valence-electron chi connectivity index (χ4n) is 3.31. The van der Waals surface area contributed by atoms with E-state index in [1.54, 1.807) is 24.3 Å². The van der Waals surface area contributed by atoms with Gasteiger partial charge in [0.25, 0.3) is 0 Å². The first-order valence-electron chi connectivity index (χ1n) is 9.15. The Balaban J connectivity index is 1.76. The van der Waals surface area contributed by atoms with Gasteiger partial charge in [-0.1, -0.05) is 17.7 Å². The van der Waals surface area contributed by atoms with Crippen molar-refractivity contribution in [3.8, 4) is 22.5 Å². The predicted molar refractivity (Wildman–Crippen MR) is 118 cm³/mol. The highest BCUT2D eigenvalue weighted by Crippen LogP contribution is 2.32. The molecule has 0 saturated heterocycles. The van der Waals surface area contributed by atoms with E-state index in [-0.39, 0.29) is 4.90 Å². The van der Waals surface area contributed by atoms with Crippen molar-refractivity contribution in [2.24, 2.45) is 0 Å². The third-order valence-corrected chi connectivity index (χ3v) is 7.07. The Morgan fingerprint density at radius 2 is 1.73 bits per heavy atom. The molecule has 0 amide bonds. The zero-order chi connectivity index (χ0) is 21.6. The van der Waals surface area contributed by atoms with Crippen LogP contribution in [0, 0.1) is 12.7 Å². The summed E-state index contributed by atoms with van der Waals surface area (Å²) < 4.78 is 39.3. The average Bonchev–Trinajstić information content (AvgIpc) is 3.10. The number of benzene rings is 2. The van der Waals surface area contributed by atoms with Crippen LogP contribution in [0.4, 0.5) is 4.39 Å². The van der Waals surface area contributed by atoms with Crippen LogP contribution in [0.3, 0.4) is 0 Å². The molecule has 1 N–H and O–H groups in total. The van der Waals surface area contributed by atoms with Gasteiger partial charge in [-0.2, -0.15) is 0 Å². The standard InChI is InChI=1S/C22H19ClFN3O2S/c1-13-10-15(30(28,29)27(2)3)5-7-16(13)19-8-9-20-22(25-19)12-21(26-20)17-6-4-14(24)11-18(17)23/h4-12,26H,1-3H3. The topological polar surface area (TPSA) is 66.1 Å². The summed E-state index contributed by atoms with van der Waals surface area (Å²) in [5.74, 6) is -0.393. The minimum Gasteiger partial charge on any atom is -0.353 e. The van der Waals surface area contributed by atoms with Crippen molar-refractivity contribution in [2.45, 2.75) is 11.8 Å². The number of aryl methyl sites for hydroxylation is 1. The van der Waals surface area contributed by atoms with Crippen molar-refractivity contribution in [3.05, 3.63) is 71.0 Å². The van der Waals surface area contributed by atoms with Gasteiger partial charge in [-0.3, -0.25) is 0 Å². The van der Waals surface area contributed by atoms with Gasteiger partial charge in [0, 0.05) is 30.9 Å². The maximum absolute atomic E-state index is 13.3. The number of aromatic amines is 1. The van der Waals surface area contributed by atoms with Gasteiger partial charge in [0.1, 0.15) is 5.82 Å². The van der Waals surface area contributed by atoms with Crippen LogP contribution in [0.25, 0.3) is 33.5 Å². The van der Waals surface area contributed by atoms with Crippen molar-refractivity contribution in [2.75, 3.05) is 14.1 Å². The molecule has 2 aromatic heterocycles. The van der Waals surface area contributed by atoms with Gasteiger partial charge in [-0.25, -0.2) is 22.1 Å². The van der Waals surface area contributed by atoms with E-state index in [2.05, 4.69) is 4.98 Å². The molecule has 8 heteroatoms. The highest BCUT2D eigenvalue weighted by molar-refractivity contribution is 7.89. The highest BCUT2D eigenvalue weighted by atomic mass is 35.5. The summed E-state index contributed by atoms with van der Waals surface area (Å²) in [6, 6.07) is 14.9. The smallest absolute Gasteiger partial charge is 0.242 e. The maximum Gasteiger partial charge on any atom is 0.242 e. The molecule has 2 heterocycles. The quantitative estimate of drug-likeness (QED) is 0.468. The van der Waals surface area contributed by atoms with E-state index >= 15 is 0 Å². The summed E-state index contributed by atoms with van der Waals surface area (Å²) in [4.78, 5) is 8.21. The van der Waals surface area contributed by atoms with E-state index in [4.69, 9.17) is 16.6 Å². The Kier molecular flexibility index (Phi) is 5.13. The SMILES string of the molecule is Cc1cc(S(=O)(=O)N(C)C)ccc1-c1ccc2[nH]c(-c3ccc(F)cc3Cl)cc2n1. The lowest BCUT2D eigenvalue weighted by atomic mass is 10.1. The molecule has 0 aliphatic rings. The number of nitrogens with zero attached hydrogens (tertiary/aromatic N) is 2. The second kappa shape index (κ2) is 7.50. The van der Waals surface area contributed by atoms with Crippen LogP contribution in [0.1, 0.15) is 5.56 Å². The van der Waals surface area contributed by atoms with Crippen LogP contribution in [0.15, 0.2) is 59.5 Å². The van der Waals surface area contributed by atoms with Crippen molar-refractivity contribution in [3.63, 3.8) is 0 Å². The van der Waals surface area contributed by atoms with Gasteiger partial charge in [0.05, 0.1) is 26.6 Å². The summed E-state index contributed by atoms with van der Waals surface area (Å²) in [6.45, 7) is 1.86. The van der Waals surface area contributed by atoms with Gasteiger partial charge in [-0.15, -0.1) is 0 Å². The summed E-state index contributed by atoms with van der Waals surface area (Å²) in [7, 11) is -0.489. The summed E-state index contributed by atoms with van der Waals surface area (Å²) in [5, 5.41) is 0.315. The van der Waals surface area contributed by atoms with Crippen molar-refractivity contribution >= 4 is 32.7 Å². The van der Waals surface area contributed by atoms with E-state index in [1.807, 2.05) is 25.1 Å². The monoisotopic (exact) mass is 443 g/mol. The minimum atomic E-state index is -3.50. The third-order valence-electron chi connectivity index (χ3n) is 4.95. The second-order valence-electron chi connectivity index (χ2n) is 7.20. The number of hydrogen-bond donors (Lipinski definition) is 1. The zero-order valence-corrected chi connectivity index (χ0v) is 18.1. The fourth-order valence-corrected chi connectivity index (χ4v) is 4.56. The van der Waals surface area contributed by atoms with Crippen LogP contribution in [0.5, 0.6) is 0 Å². The molecule has 5 nitrogen and oxygen atoms in total. The second-order valence-corrected chi connectivity index (χ2v) is 9.76. The van der Waals surface area contributed by atoms with Crippen LogP contribution in [-0.4, -0.2) is 36.8 Å². The maximum atomic E-state index is 13.3. The molecular formula is C22H19ClFN3O2S.